The minimum atomic E-state index is -0.253. The third-order valence-electron chi connectivity index (χ3n) is 4.70. The Morgan fingerprint density at radius 1 is 1.39 bits per heavy atom. The Balaban J connectivity index is 1.66. The molecular weight excluding hydrogens is 293 g/mol. The Bertz CT molecular complexity index is 639. The van der Waals surface area contributed by atoms with Crippen molar-refractivity contribution < 1.29 is 13.5 Å². The van der Waals surface area contributed by atoms with E-state index in [-0.39, 0.29) is 5.82 Å². The van der Waals surface area contributed by atoms with Gasteiger partial charge in [-0.1, -0.05) is 0 Å². The van der Waals surface area contributed by atoms with Crippen LogP contribution in [0.1, 0.15) is 35.6 Å². The first kappa shape index (κ1) is 16.1. The Labute approximate surface area is 137 Å². The molecule has 23 heavy (non-hydrogen) atoms. The Morgan fingerprint density at radius 2 is 2.26 bits per heavy atom. The van der Waals surface area contributed by atoms with Crippen LogP contribution in [0.2, 0.25) is 0 Å². The molecule has 0 fully saturated rings. The highest BCUT2D eigenvalue weighted by molar-refractivity contribution is 5.40. The largest absolute Gasteiger partial charge is 0.494 e. The van der Waals surface area contributed by atoms with Gasteiger partial charge in [-0.05, 0) is 67.6 Å². The Morgan fingerprint density at radius 3 is 3.00 bits per heavy atom. The van der Waals surface area contributed by atoms with Gasteiger partial charge in [0.15, 0.2) is 11.6 Å². The van der Waals surface area contributed by atoms with Crippen molar-refractivity contribution in [3.63, 3.8) is 0 Å². The molecule has 1 aliphatic carbocycles. The summed E-state index contributed by atoms with van der Waals surface area (Å²) in [5.41, 5.74) is 2.39. The SMILES string of the molecule is COc1cc2c(cc1F)C(CN(C)CCc1ccco1)CCC2. The second-order valence-electron chi connectivity index (χ2n) is 6.37. The van der Waals surface area contributed by atoms with Crippen LogP contribution in [-0.2, 0) is 12.8 Å². The van der Waals surface area contributed by atoms with Gasteiger partial charge in [0.05, 0.1) is 13.4 Å². The van der Waals surface area contributed by atoms with Crippen LogP contribution in [0.25, 0.3) is 0 Å². The highest BCUT2D eigenvalue weighted by Crippen LogP contribution is 2.35. The zero-order chi connectivity index (χ0) is 16.2. The van der Waals surface area contributed by atoms with Crippen molar-refractivity contribution in [3.05, 3.63) is 53.2 Å². The van der Waals surface area contributed by atoms with Crippen LogP contribution in [-0.4, -0.2) is 32.1 Å². The monoisotopic (exact) mass is 317 g/mol. The fraction of sp³-hybridized carbons (Fsp3) is 0.474. The van der Waals surface area contributed by atoms with Gasteiger partial charge in [0, 0.05) is 19.5 Å². The van der Waals surface area contributed by atoms with Crippen molar-refractivity contribution in [3.8, 4) is 5.75 Å². The number of rotatable bonds is 6. The summed E-state index contributed by atoms with van der Waals surface area (Å²) in [7, 11) is 3.64. The van der Waals surface area contributed by atoms with Gasteiger partial charge in [-0.15, -0.1) is 0 Å². The average Bonchev–Trinajstić information content (AvgIpc) is 3.06. The Hall–Kier alpha value is -1.81. The molecule has 124 valence electrons. The molecule has 0 spiro atoms. The molecule has 0 saturated heterocycles. The molecule has 0 aliphatic heterocycles. The number of hydrogen-bond acceptors (Lipinski definition) is 3. The molecule has 0 N–H and O–H groups in total. The van der Waals surface area contributed by atoms with Gasteiger partial charge in [0.2, 0.25) is 0 Å². The summed E-state index contributed by atoms with van der Waals surface area (Å²) in [6, 6.07) is 7.48. The lowest BCUT2D eigenvalue weighted by atomic mass is 9.82. The minimum Gasteiger partial charge on any atom is -0.494 e. The molecule has 0 saturated carbocycles. The molecule has 0 bridgehead atoms. The zero-order valence-corrected chi connectivity index (χ0v) is 13.8. The van der Waals surface area contributed by atoms with Crippen molar-refractivity contribution in [1.29, 1.82) is 0 Å². The summed E-state index contributed by atoms with van der Waals surface area (Å²) in [4.78, 5) is 2.31. The van der Waals surface area contributed by atoms with Crippen molar-refractivity contribution in [2.75, 3.05) is 27.2 Å². The van der Waals surface area contributed by atoms with Gasteiger partial charge in [-0.3, -0.25) is 0 Å². The van der Waals surface area contributed by atoms with E-state index < -0.39 is 0 Å². The molecule has 1 atom stereocenters. The Kier molecular flexibility index (Phi) is 5.01. The molecule has 4 heteroatoms. The van der Waals surface area contributed by atoms with E-state index in [0.29, 0.717) is 11.7 Å². The number of hydrogen-bond donors (Lipinski definition) is 0. The highest BCUT2D eigenvalue weighted by Gasteiger charge is 2.23. The van der Waals surface area contributed by atoms with E-state index in [0.717, 1.165) is 50.1 Å². The lowest BCUT2D eigenvalue weighted by Gasteiger charge is -2.29. The number of likely N-dealkylation sites (N-methyl/N-ethyl adjacent to an activating group) is 1. The van der Waals surface area contributed by atoms with Crippen molar-refractivity contribution in [2.45, 2.75) is 31.6 Å². The first-order chi connectivity index (χ1) is 11.2. The quantitative estimate of drug-likeness (QED) is 0.804. The van der Waals surface area contributed by atoms with Gasteiger partial charge in [-0.2, -0.15) is 0 Å². The molecule has 1 aromatic heterocycles. The lowest BCUT2D eigenvalue weighted by Crippen LogP contribution is -2.28. The van der Waals surface area contributed by atoms with Crippen LogP contribution >= 0.6 is 0 Å². The highest BCUT2D eigenvalue weighted by atomic mass is 19.1. The van der Waals surface area contributed by atoms with Gasteiger partial charge in [-0.25, -0.2) is 4.39 Å². The van der Waals surface area contributed by atoms with E-state index in [9.17, 15) is 4.39 Å². The number of ether oxygens (including phenoxy) is 1. The van der Waals surface area contributed by atoms with Crippen LogP contribution in [0, 0.1) is 5.82 Å². The summed E-state index contributed by atoms with van der Waals surface area (Å²) in [5, 5.41) is 0. The van der Waals surface area contributed by atoms with Gasteiger partial charge in [0.1, 0.15) is 5.76 Å². The van der Waals surface area contributed by atoms with Crippen LogP contribution in [0.3, 0.4) is 0 Å². The maximum absolute atomic E-state index is 14.1. The standard InChI is InChI=1S/C19H24FNO2/c1-21(9-8-16-7-4-10-23-16)13-15-6-3-5-14-11-19(22-2)18(20)12-17(14)15/h4,7,10-12,15H,3,5-6,8-9,13H2,1-2H3. The summed E-state index contributed by atoms with van der Waals surface area (Å²) < 4.78 is 24.6. The maximum atomic E-state index is 14.1. The summed E-state index contributed by atoms with van der Waals surface area (Å²) >= 11 is 0. The van der Waals surface area contributed by atoms with Crippen LogP contribution in [0.4, 0.5) is 4.39 Å². The van der Waals surface area contributed by atoms with E-state index in [1.165, 1.54) is 12.7 Å². The van der Waals surface area contributed by atoms with E-state index >= 15 is 0 Å². The lowest BCUT2D eigenvalue weighted by molar-refractivity contribution is 0.292. The number of methoxy groups -OCH3 is 1. The molecule has 3 nitrogen and oxygen atoms in total. The van der Waals surface area contributed by atoms with Crippen molar-refractivity contribution >= 4 is 0 Å². The van der Waals surface area contributed by atoms with Crippen LogP contribution < -0.4 is 4.74 Å². The number of aryl methyl sites for hydroxylation is 1. The van der Waals surface area contributed by atoms with Gasteiger partial charge < -0.3 is 14.1 Å². The normalized spacial score (nSPS) is 17.3. The van der Waals surface area contributed by atoms with E-state index in [4.69, 9.17) is 9.15 Å². The van der Waals surface area contributed by atoms with E-state index in [1.54, 1.807) is 12.3 Å². The summed E-state index contributed by atoms with van der Waals surface area (Å²) in [5.74, 6) is 1.50. The molecule has 2 aromatic rings. The predicted octanol–water partition coefficient (Wildman–Crippen LogP) is 4.02. The average molecular weight is 317 g/mol. The molecule has 3 rings (SSSR count). The van der Waals surface area contributed by atoms with Crippen molar-refractivity contribution in [1.82, 2.24) is 4.90 Å². The minimum absolute atomic E-state index is 0.253. The molecule has 1 aromatic carbocycles. The van der Waals surface area contributed by atoms with E-state index in [1.807, 2.05) is 18.2 Å². The zero-order valence-electron chi connectivity index (χ0n) is 13.8. The third kappa shape index (κ3) is 3.75. The number of fused-ring (bicyclic) bond motifs is 1. The summed E-state index contributed by atoms with van der Waals surface area (Å²) in [6.07, 6.45) is 5.89. The number of halogens is 1. The molecule has 1 aliphatic rings. The van der Waals surface area contributed by atoms with Crippen molar-refractivity contribution in [2.24, 2.45) is 0 Å². The number of benzene rings is 1. The van der Waals surface area contributed by atoms with Gasteiger partial charge >= 0.3 is 0 Å². The molecular formula is C19H24FNO2. The maximum Gasteiger partial charge on any atom is 0.165 e. The fourth-order valence-electron chi connectivity index (χ4n) is 3.47. The molecule has 0 amide bonds. The smallest absolute Gasteiger partial charge is 0.165 e. The second kappa shape index (κ2) is 7.18. The fourth-order valence-corrected chi connectivity index (χ4v) is 3.47. The second-order valence-corrected chi connectivity index (χ2v) is 6.37. The summed E-state index contributed by atoms with van der Waals surface area (Å²) in [6.45, 7) is 1.89. The predicted molar refractivity (Wildman–Crippen MR) is 88.5 cm³/mol. The topological polar surface area (TPSA) is 25.6 Å². The number of furan rings is 1. The third-order valence-corrected chi connectivity index (χ3v) is 4.70. The van der Waals surface area contributed by atoms with E-state index in [2.05, 4.69) is 11.9 Å². The van der Waals surface area contributed by atoms with Crippen LogP contribution in [0.5, 0.6) is 5.75 Å². The molecule has 1 unspecified atom stereocenters. The van der Waals surface area contributed by atoms with Crippen LogP contribution in [0.15, 0.2) is 34.9 Å². The first-order valence-electron chi connectivity index (χ1n) is 8.24. The first-order valence-corrected chi connectivity index (χ1v) is 8.24. The molecule has 1 heterocycles. The van der Waals surface area contributed by atoms with Gasteiger partial charge in [0.25, 0.3) is 0 Å². The number of nitrogens with zero attached hydrogens (tertiary/aromatic N) is 1. The molecule has 0 radical (unpaired) electrons.